The van der Waals surface area contributed by atoms with Gasteiger partial charge in [-0.05, 0) is 45.7 Å². The first-order valence-corrected chi connectivity index (χ1v) is 8.00. The average molecular weight is 314 g/mol. The number of carbonyl (C=O) groups excluding carboxylic acids is 1. The van der Waals surface area contributed by atoms with Crippen LogP contribution >= 0.6 is 0 Å². The highest BCUT2D eigenvalue weighted by molar-refractivity contribution is 5.89. The van der Waals surface area contributed by atoms with E-state index in [-0.39, 0.29) is 11.9 Å². The highest BCUT2D eigenvalue weighted by Gasteiger charge is 2.19. The van der Waals surface area contributed by atoms with E-state index in [9.17, 15) is 4.79 Å². The van der Waals surface area contributed by atoms with E-state index in [0.29, 0.717) is 18.7 Å². The Morgan fingerprint density at radius 3 is 2.91 bits per heavy atom. The number of rotatable bonds is 5. The van der Waals surface area contributed by atoms with Crippen molar-refractivity contribution < 1.29 is 4.79 Å². The molecule has 2 aromatic rings. The molecule has 1 unspecified atom stereocenters. The molecule has 3 heterocycles. The highest BCUT2D eigenvalue weighted by Crippen LogP contribution is 2.20. The Labute approximate surface area is 135 Å². The van der Waals surface area contributed by atoms with Crippen LogP contribution in [0, 0.1) is 13.8 Å². The molecule has 0 saturated carbocycles. The summed E-state index contributed by atoms with van der Waals surface area (Å²) >= 11 is 0. The fourth-order valence-corrected chi connectivity index (χ4v) is 2.78. The number of hydrogen-bond donors (Lipinski definition) is 3. The molecule has 0 aliphatic carbocycles. The van der Waals surface area contributed by atoms with E-state index in [1.54, 1.807) is 6.07 Å². The van der Waals surface area contributed by atoms with Gasteiger partial charge in [0, 0.05) is 29.6 Å². The Kier molecular flexibility index (Phi) is 4.66. The minimum absolute atomic E-state index is 0.0618. The fraction of sp³-hybridized carbons (Fsp3) is 0.500. The summed E-state index contributed by atoms with van der Waals surface area (Å²) < 4.78 is 0. The van der Waals surface area contributed by atoms with Gasteiger partial charge in [0.25, 0.3) is 0 Å². The molecular weight excluding hydrogens is 292 g/mol. The standard InChI is InChI=1S/C16H22N6O/c1-10-8-12(19-16(18-10)13-4-3-7-17-13)5-6-15(23)20-14-9-11(2)21-22-14/h8-9,13,17H,3-7H2,1-2H3,(H2,20,21,22,23). The molecule has 7 heteroatoms. The third kappa shape index (κ3) is 4.13. The van der Waals surface area contributed by atoms with Gasteiger partial charge in [-0.1, -0.05) is 0 Å². The summed E-state index contributed by atoms with van der Waals surface area (Å²) in [7, 11) is 0. The van der Waals surface area contributed by atoms with Crippen LogP contribution in [0.15, 0.2) is 12.1 Å². The maximum atomic E-state index is 12.0. The number of hydrogen-bond acceptors (Lipinski definition) is 5. The zero-order valence-electron chi connectivity index (χ0n) is 13.5. The maximum Gasteiger partial charge on any atom is 0.225 e. The highest BCUT2D eigenvalue weighted by atomic mass is 16.1. The van der Waals surface area contributed by atoms with Gasteiger partial charge in [-0.25, -0.2) is 9.97 Å². The molecule has 3 N–H and O–H groups in total. The van der Waals surface area contributed by atoms with Crippen LogP contribution in [-0.4, -0.2) is 32.6 Å². The van der Waals surface area contributed by atoms with Gasteiger partial charge in [0.05, 0.1) is 6.04 Å². The van der Waals surface area contributed by atoms with Crippen LogP contribution in [0.4, 0.5) is 5.82 Å². The van der Waals surface area contributed by atoms with Crippen molar-refractivity contribution in [3.05, 3.63) is 35.0 Å². The van der Waals surface area contributed by atoms with E-state index in [1.165, 1.54) is 0 Å². The summed E-state index contributed by atoms with van der Waals surface area (Å²) in [5, 5.41) is 13.0. The first kappa shape index (κ1) is 15.6. The van der Waals surface area contributed by atoms with Crippen molar-refractivity contribution in [2.75, 3.05) is 11.9 Å². The van der Waals surface area contributed by atoms with Gasteiger partial charge >= 0.3 is 0 Å². The molecule has 1 aliphatic rings. The number of nitrogens with zero attached hydrogens (tertiary/aromatic N) is 3. The predicted molar refractivity (Wildman–Crippen MR) is 87.0 cm³/mol. The Morgan fingerprint density at radius 2 is 2.22 bits per heavy atom. The second-order valence-electron chi connectivity index (χ2n) is 5.99. The van der Waals surface area contributed by atoms with Crippen molar-refractivity contribution in [2.24, 2.45) is 0 Å². The van der Waals surface area contributed by atoms with Crippen molar-refractivity contribution >= 4 is 11.7 Å². The van der Waals surface area contributed by atoms with Crippen LogP contribution in [0.1, 0.15) is 48.2 Å². The second kappa shape index (κ2) is 6.87. The lowest BCUT2D eigenvalue weighted by Gasteiger charge is -2.11. The molecule has 1 atom stereocenters. The molecule has 2 aromatic heterocycles. The van der Waals surface area contributed by atoms with Gasteiger partial charge in [0.15, 0.2) is 5.82 Å². The molecule has 3 rings (SSSR count). The molecule has 23 heavy (non-hydrogen) atoms. The summed E-state index contributed by atoms with van der Waals surface area (Å²) in [5.41, 5.74) is 2.78. The predicted octanol–water partition coefficient (Wildman–Crippen LogP) is 1.81. The fourth-order valence-electron chi connectivity index (χ4n) is 2.78. The molecule has 0 bridgehead atoms. The molecule has 1 fully saturated rings. The van der Waals surface area contributed by atoms with Crippen LogP contribution in [0.25, 0.3) is 0 Å². The van der Waals surface area contributed by atoms with E-state index in [0.717, 1.165) is 42.3 Å². The van der Waals surface area contributed by atoms with E-state index < -0.39 is 0 Å². The van der Waals surface area contributed by atoms with Gasteiger partial charge in [-0.15, -0.1) is 0 Å². The normalized spacial score (nSPS) is 17.4. The molecule has 0 aromatic carbocycles. The molecule has 1 aliphatic heterocycles. The summed E-state index contributed by atoms with van der Waals surface area (Å²) in [6, 6.07) is 4.00. The van der Waals surface area contributed by atoms with Crippen molar-refractivity contribution in [3.63, 3.8) is 0 Å². The SMILES string of the molecule is Cc1cc(CCC(=O)Nc2cc(C)[nH]n2)nc(C2CCCN2)n1. The van der Waals surface area contributed by atoms with Crippen molar-refractivity contribution in [1.82, 2.24) is 25.5 Å². The Morgan fingerprint density at radius 1 is 1.35 bits per heavy atom. The lowest BCUT2D eigenvalue weighted by Crippen LogP contribution is -2.18. The Hall–Kier alpha value is -2.28. The topological polar surface area (TPSA) is 95.6 Å². The number of aryl methyl sites for hydroxylation is 3. The van der Waals surface area contributed by atoms with E-state index >= 15 is 0 Å². The van der Waals surface area contributed by atoms with E-state index in [2.05, 4.69) is 30.8 Å². The first-order chi connectivity index (χ1) is 11.1. The van der Waals surface area contributed by atoms with Gasteiger partial charge < -0.3 is 10.6 Å². The minimum Gasteiger partial charge on any atom is -0.309 e. The molecule has 0 radical (unpaired) electrons. The zero-order chi connectivity index (χ0) is 16.2. The molecular formula is C16H22N6O. The first-order valence-electron chi connectivity index (χ1n) is 8.00. The molecule has 1 amide bonds. The maximum absolute atomic E-state index is 12.0. The molecule has 0 spiro atoms. The van der Waals surface area contributed by atoms with Crippen LogP contribution < -0.4 is 10.6 Å². The minimum atomic E-state index is -0.0618. The number of H-pyrrole nitrogens is 1. The van der Waals surface area contributed by atoms with E-state index in [1.807, 2.05) is 19.9 Å². The molecule has 1 saturated heterocycles. The smallest absolute Gasteiger partial charge is 0.225 e. The van der Waals surface area contributed by atoms with Crippen molar-refractivity contribution in [1.29, 1.82) is 0 Å². The summed E-state index contributed by atoms with van der Waals surface area (Å²) in [6.45, 7) is 4.88. The Bertz CT molecular complexity index is 690. The lowest BCUT2D eigenvalue weighted by atomic mass is 10.1. The van der Waals surface area contributed by atoms with Gasteiger partial charge in [-0.2, -0.15) is 5.10 Å². The number of aromatic amines is 1. The van der Waals surface area contributed by atoms with Gasteiger partial charge in [0.2, 0.25) is 5.91 Å². The average Bonchev–Trinajstić information content (AvgIpc) is 3.16. The lowest BCUT2D eigenvalue weighted by molar-refractivity contribution is -0.116. The second-order valence-corrected chi connectivity index (χ2v) is 5.99. The number of aromatic nitrogens is 4. The summed E-state index contributed by atoms with van der Waals surface area (Å²) in [6.07, 6.45) is 3.20. The van der Waals surface area contributed by atoms with Crippen LogP contribution in [0.3, 0.4) is 0 Å². The quantitative estimate of drug-likeness (QED) is 0.782. The van der Waals surface area contributed by atoms with Crippen molar-refractivity contribution in [2.45, 2.75) is 45.6 Å². The summed E-state index contributed by atoms with van der Waals surface area (Å²) in [5.74, 6) is 1.34. The van der Waals surface area contributed by atoms with Crippen LogP contribution in [0.2, 0.25) is 0 Å². The largest absolute Gasteiger partial charge is 0.309 e. The third-order valence-corrected chi connectivity index (χ3v) is 3.88. The summed E-state index contributed by atoms with van der Waals surface area (Å²) in [4.78, 5) is 21.1. The number of carbonyl (C=O) groups is 1. The molecule has 7 nitrogen and oxygen atoms in total. The van der Waals surface area contributed by atoms with Crippen LogP contribution in [-0.2, 0) is 11.2 Å². The number of nitrogens with one attached hydrogen (secondary N) is 3. The third-order valence-electron chi connectivity index (χ3n) is 3.88. The molecule has 122 valence electrons. The monoisotopic (exact) mass is 314 g/mol. The van der Waals surface area contributed by atoms with E-state index in [4.69, 9.17) is 0 Å². The number of anilines is 1. The van der Waals surface area contributed by atoms with Crippen LogP contribution in [0.5, 0.6) is 0 Å². The van der Waals surface area contributed by atoms with Gasteiger partial charge in [-0.3, -0.25) is 9.89 Å². The van der Waals surface area contributed by atoms with Crippen molar-refractivity contribution in [3.8, 4) is 0 Å². The zero-order valence-corrected chi connectivity index (χ0v) is 13.5. The Balaban J connectivity index is 1.60. The van der Waals surface area contributed by atoms with Gasteiger partial charge in [0.1, 0.15) is 5.82 Å². The number of amides is 1.